The molecule has 1 amide bonds. The van der Waals surface area contributed by atoms with Crippen molar-refractivity contribution >= 4 is 11.9 Å². The average Bonchev–Trinajstić information content (AvgIpc) is 3.24. The summed E-state index contributed by atoms with van der Waals surface area (Å²) in [6.07, 6.45) is 4.14. The standard InChI is InChI=1S/C24H36N4O4/c1-15(2)23-26-24(32-27-23)28-11-9-18(10-12-28)6-5-13-31-21-8-7-19(22(25)30)17(4)20(21)14-16(3)29/h7-8,15-16,18,29H,5-6,9-14H2,1-4H3,(H2,25,30)/t16-/m1/s1. The molecule has 0 aliphatic carbocycles. The summed E-state index contributed by atoms with van der Waals surface area (Å²) in [6.45, 7) is 10.2. The summed E-state index contributed by atoms with van der Waals surface area (Å²) < 4.78 is 11.5. The lowest BCUT2D eigenvalue weighted by Gasteiger charge is -2.30. The van der Waals surface area contributed by atoms with Gasteiger partial charge in [0, 0.05) is 36.6 Å². The molecular weight excluding hydrogens is 408 g/mol. The summed E-state index contributed by atoms with van der Waals surface area (Å²) in [5.41, 5.74) is 7.58. The molecular formula is C24H36N4O4. The molecule has 1 aliphatic heterocycles. The Kier molecular flexibility index (Phi) is 8.12. The number of hydrogen-bond acceptors (Lipinski definition) is 7. The first-order valence-corrected chi connectivity index (χ1v) is 11.6. The summed E-state index contributed by atoms with van der Waals surface area (Å²) in [5, 5.41) is 13.9. The van der Waals surface area contributed by atoms with E-state index >= 15 is 0 Å². The fourth-order valence-electron chi connectivity index (χ4n) is 4.24. The topological polar surface area (TPSA) is 115 Å². The van der Waals surface area contributed by atoms with Crippen LogP contribution in [-0.4, -0.2) is 47.0 Å². The number of carbonyl (C=O) groups is 1. The lowest BCUT2D eigenvalue weighted by Crippen LogP contribution is -2.34. The van der Waals surface area contributed by atoms with Crippen LogP contribution in [0.5, 0.6) is 5.75 Å². The van der Waals surface area contributed by atoms with Crippen molar-refractivity contribution in [1.82, 2.24) is 10.1 Å². The monoisotopic (exact) mass is 444 g/mol. The van der Waals surface area contributed by atoms with E-state index in [-0.39, 0.29) is 5.92 Å². The van der Waals surface area contributed by atoms with Crippen LogP contribution in [0.1, 0.15) is 79.7 Å². The van der Waals surface area contributed by atoms with Crippen LogP contribution in [0, 0.1) is 12.8 Å². The molecule has 32 heavy (non-hydrogen) atoms. The minimum atomic E-state index is -0.528. The van der Waals surface area contributed by atoms with E-state index in [1.165, 1.54) is 0 Å². The molecule has 1 aromatic carbocycles. The maximum atomic E-state index is 11.7. The predicted molar refractivity (Wildman–Crippen MR) is 123 cm³/mol. The van der Waals surface area contributed by atoms with Gasteiger partial charge in [-0.15, -0.1) is 0 Å². The average molecular weight is 445 g/mol. The zero-order valence-electron chi connectivity index (χ0n) is 19.6. The van der Waals surface area contributed by atoms with Crippen LogP contribution < -0.4 is 15.4 Å². The second-order valence-corrected chi connectivity index (χ2v) is 9.14. The van der Waals surface area contributed by atoms with Crippen molar-refractivity contribution in [3.05, 3.63) is 34.6 Å². The Hall–Kier alpha value is -2.61. The van der Waals surface area contributed by atoms with Crippen LogP contribution in [0.15, 0.2) is 16.7 Å². The fourth-order valence-corrected chi connectivity index (χ4v) is 4.24. The number of carbonyl (C=O) groups excluding carboxylic acids is 1. The van der Waals surface area contributed by atoms with Gasteiger partial charge >= 0.3 is 6.01 Å². The van der Waals surface area contributed by atoms with Crippen LogP contribution in [0.2, 0.25) is 0 Å². The van der Waals surface area contributed by atoms with Gasteiger partial charge in [0.2, 0.25) is 5.91 Å². The summed E-state index contributed by atoms with van der Waals surface area (Å²) in [5.74, 6) is 1.93. The van der Waals surface area contributed by atoms with Crippen molar-refractivity contribution in [1.29, 1.82) is 0 Å². The Bertz CT molecular complexity index is 901. The summed E-state index contributed by atoms with van der Waals surface area (Å²) in [4.78, 5) is 18.3. The highest BCUT2D eigenvalue weighted by molar-refractivity contribution is 5.94. The van der Waals surface area contributed by atoms with Crippen molar-refractivity contribution in [2.24, 2.45) is 11.7 Å². The van der Waals surface area contributed by atoms with Gasteiger partial charge in [-0.1, -0.05) is 19.0 Å². The van der Waals surface area contributed by atoms with Crippen molar-refractivity contribution in [3.63, 3.8) is 0 Å². The molecule has 1 aromatic heterocycles. The number of nitrogens with zero attached hydrogens (tertiary/aromatic N) is 3. The number of primary amides is 1. The van der Waals surface area contributed by atoms with Gasteiger partial charge < -0.3 is 25.0 Å². The van der Waals surface area contributed by atoms with Gasteiger partial charge in [-0.3, -0.25) is 4.79 Å². The predicted octanol–water partition coefficient (Wildman–Crippen LogP) is 3.60. The minimum Gasteiger partial charge on any atom is -0.493 e. The number of hydrogen-bond donors (Lipinski definition) is 2. The molecule has 0 saturated carbocycles. The number of ether oxygens (including phenoxy) is 1. The molecule has 1 aliphatic rings. The molecule has 0 radical (unpaired) electrons. The quantitative estimate of drug-likeness (QED) is 0.538. The molecule has 8 nitrogen and oxygen atoms in total. The van der Waals surface area contributed by atoms with Crippen molar-refractivity contribution in [3.8, 4) is 5.75 Å². The molecule has 1 saturated heterocycles. The Morgan fingerprint density at radius 1 is 1.31 bits per heavy atom. The van der Waals surface area contributed by atoms with Gasteiger partial charge in [-0.2, -0.15) is 4.98 Å². The molecule has 0 unspecified atom stereocenters. The Labute approximate surface area is 190 Å². The number of amides is 1. The number of benzene rings is 1. The van der Waals surface area contributed by atoms with Crippen molar-refractivity contribution < 1.29 is 19.2 Å². The number of rotatable bonds is 10. The van der Waals surface area contributed by atoms with E-state index in [0.29, 0.717) is 30.5 Å². The van der Waals surface area contributed by atoms with Gasteiger partial charge in [0.25, 0.3) is 0 Å². The number of aromatic nitrogens is 2. The van der Waals surface area contributed by atoms with E-state index in [2.05, 4.69) is 28.9 Å². The molecule has 8 heteroatoms. The van der Waals surface area contributed by atoms with E-state index < -0.39 is 12.0 Å². The minimum absolute atomic E-state index is 0.266. The van der Waals surface area contributed by atoms with Gasteiger partial charge in [-0.05, 0) is 63.1 Å². The molecule has 0 bridgehead atoms. The van der Waals surface area contributed by atoms with E-state index in [9.17, 15) is 9.90 Å². The van der Waals surface area contributed by atoms with Crippen LogP contribution in [0.25, 0.3) is 0 Å². The van der Waals surface area contributed by atoms with Gasteiger partial charge in [0.05, 0.1) is 12.7 Å². The van der Waals surface area contributed by atoms with Crippen molar-refractivity contribution in [2.75, 3.05) is 24.6 Å². The summed E-state index contributed by atoms with van der Waals surface area (Å²) in [6, 6.07) is 4.13. The third kappa shape index (κ3) is 6.00. The molecule has 176 valence electrons. The second kappa shape index (κ2) is 10.8. The fraction of sp³-hybridized carbons (Fsp3) is 0.625. The summed E-state index contributed by atoms with van der Waals surface area (Å²) >= 11 is 0. The zero-order valence-corrected chi connectivity index (χ0v) is 19.6. The van der Waals surface area contributed by atoms with E-state index in [1.54, 1.807) is 19.1 Å². The number of aliphatic hydroxyl groups is 1. The van der Waals surface area contributed by atoms with Crippen LogP contribution in [0.3, 0.4) is 0 Å². The van der Waals surface area contributed by atoms with E-state index in [0.717, 1.165) is 61.5 Å². The first-order chi connectivity index (χ1) is 15.3. The SMILES string of the molecule is Cc1c(C(N)=O)ccc(OCCCC2CCN(c3nc(C(C)C)no3)CC2)c1C[C@@H](C)O. The Balaban J connectivity index is 1.47. The zero-order chi connectivity index (χ0) is 23.3. The lowest BCUT2D eigenvalue weighted by molar-refractivity contribution is 0.0999. The molecule has 2 heterocycles. The highest BCUT2D eigenvalue weighted by Crippen LogP contribution is 2.29. The summed E-state index contributed by atoms with van der Waals surface area (Å²) in [7, 11) is 0. The Morgan fingerprint density at radius 2 is 2.03 bits per heavy atom. The largest absolute Gasteiger partial charge is 0.493 e. The van der Waals surface area contributed by atoms with Crippen LogP contribution >= 0.6 is 0 Å². The van der Waals surface area contributed by atoms with Gasteiger partial charge in [0.15, 0.2) is 5.82 Å². The number of anilines is 1. The maximum absolute atomic E-state index is 11.7. The molecule has 2 aromatic rings. The number of nitrogens with two attached hydrogens (primary N) is 1. The third-order valence-electron chi connectivity index (χ3n) is 6.17. The van der Waals surface area contributed by atoms with E-state index in [4.69, 9.17) is 15.0 Å². The van der Waals surface area contributed by atoms with Crippen LogP contribution in [0.4, 0.5) is 6.01 Å². The highest BCUT2D eigenvalue weighted by atomic mass is 16.5. The smallest absolute Gasteiger partial charge is 0.324 e. The molecule has 1 fully saturated rings. The Morgan fingerprint density at radius 3 is 2.62 bits per heavy atom. The normalized spacial score (nSPS) is 15.9. The molecule has 3 rings (SSSR count). The number of aliphatic hydroxyl groups excluding tert-OH is 1. The molecule has 1 atom stereocenters. The number of piperidine rings is 1. The molecule has 0 spiro atoms. The van der Waals surface area contributed by atoms with Gasteiger partial charge in [0.1, 0.15) is 5.75 Å². The van der Waals surface area contributed by atoms with Crippen molar-refractivity contribution in [2.45, 2.75) is 71.8 Å². The maximum Gasteiger partial charge on any atom is 0.324 e. The first-order valence-electron chi connectivity index (χ1n) is 11.6. The molecule has 3 N–H and O–H groups in total. The van der Waals surface area contributed by atoms with Gasteiger partial charge in [-0.25, -0.2) is 0 Å². The first kappa shape index (κ1) is 24.0. The van der Waals surface area contributed by atoms with E-state index in [1.807, 2.05) is 6.92 Å². The lowest BCUT2D eigenvalue weighted by atomic mass is 9.92. The highest BCUT2D eigenvalue weighted by Gasteiger charge is 2.23. The second-order valence-electron chi connectivity index (χ2n) is 9.14. The van der Waals surface area contributed by atoms with Crippen LogP contribution in [-0.2, 0) is 6.42 Å². The third-order valence-corrected chi connectivity index (χ3v) is 6.17.